The van der Waals surface area contributed by atoms with Gasteiger partial charge in [0, 0.05) is 37.6 Å². The lowest BCUT2D eigenvalue weighted by Gasteiger charge is -2.38. The highest BCUT2D eigenvalue weighted by molar-refractivity contribution is 6.05. The molecule has 0 amide bonds. The van der Waals surface area contributed by atoms with Crippen molar-refractivity contribution in [3.05, 3.63) is 30.6 Å². The van der Waals surface area contributed by atoms with Gasteiger partial charge in [0.15, 0.2) is 11.4 Å². The highest BCUT2D eigenvalue weighted by Gasteiger charge is 2.26. The minimum atomic E-state index is 0.492. The molecule has 3 heterocycles. The zero-order chi connectivity index (χ0) is 16.7. The Bertz CT molecular complexity index is 849. The van der Waals surface area contributed by atoms with Gasteiger partial charge in [-0.05, 0) is 38.8 Å². The number of fused-ring (bicyclic) bond motifs is 3. The van der Waals surface area contributed by atoms with Crippen LogP contribution in [0.1, 0.15) is 26.7 Å². The van der Waals surface area contributed by atoms with E-state index in [2.05, 4.69) is 46.7 Å². The lowest BCUT2D eigenvalue weighted by molar-refractivity contribution is 0.171. The van der Waals surface area contributed by atoms with Crippen molar-refractivity contribution < 1.29 is 4.42 Å². The number of piperidine rings is 1. The average molecular weight is 324 g/mol. The monoisotopic (exact) mass is 324 g/mol. The first-order valence-electron chi connectivity index (χ1n) is 8.74. The fraction of sp³-hybridized carbons (Fsp3) is 0.474. The fourth-order valence-corrected chi connectivity index (χ4v) is 3.73. The van der Waals surface area contributed by atoms with Crippen molar-refractivity contribution in [1.29, 1.82) is 0 Å². The maximum absolute atomic E-state index is 6.08. The zero-order valence-electron chi connectivity index (χ0n) is 14.6. The summed E-state index contributed by atoms with van der Waals surface area (Å²) in [5, 5.41) is 1.05. The van der Waals surface area contributed by atoms with Crippen LogP contribution in [0.4, 0.5) is 5.82 Å². The molecule has 0 unspecified atom stereocenters. The highest BCUT2D eigenvalue weighted by atomic mass is 16.3. The predicted octanol–water partition coefficient (Wildman–Crippen LogP) is 3.69. The molecule has 0 aliphatic carbocycles. The summed E-state index contributed by atoms with van der Waals surface area (Å²) in [7, 11) is 2.13. The summed E-state index contributed by atoms with van der Waals surface area (Å²) in [6.45, 7) is 6.82. The Labute approximate surface area is 142 Å². The van der Waals surface area contributed by atoms with Crippen molar-refractivity contribution in [3.63, 3.8) is 0 Å². The molecule has 0 bridgehead atoms. The largest absolute Gasteiger partial charge is 0.450 e. The van der Waals surface area contributed by atoms with Gasteiger partial charge in [0.25, 0.3) is 0 Å². The van der Waals surface area contributed by atoms with E-state index in [0.717, 1.165) is 53.8 Å². The maximum atomic E-state index is 6.08. The van der Waals surface area contributed by atoms with Crippen molar-refractivity contribution in [2.45, 2.75) is 38.8 Å². The minimum Gasteiger partial charge on any atom is -0.450 e. The number of likely N-dealkylation sites (tertiary alicyclic amines) is 1. The van der Waals surface area contributed by atoms with Crippen LogP contribution < -0.4 is 4.90 Å². The van der Waals surface area contributed by atoms with Crippen molar-refractivity contribution in [2.24, 2.45) is 0 Å². The molecular formula is C19H24N4O. The third kappa shape index (κ3) is 2.53. The van der Waals surface area contributed by atoms with Gasteiger partial charge >= 0.3 is 0 Å². The normalized spacial score (nSPS) is 17.2. The van der Waals surface area contributed by atoms with Crippen LogP contribution >= 0.6 is 0 Å². The topological polar surface area (TPSA) is 45.4 Å². The van der Waals surface area contributed by atoms with Gasteiger partial charge < -0.3 is 14.2 Å². The Kier molecular flexibility index (Phi) is 3.88. The van der Waals surface area contributed by atoms with Crippen LogP contribution in [-0.2, 0) is 0 Å². The molecular weight excluding hydrogens is 300 g/mol. The number of anilines is 1. The Balaban J connectivity index is 1.66. The van der Waals surface area contributed by atoms with Gasteiger partial charge in [-0.3, -0.25) is 0 Å². The molecule has 4 rings (SSSR count). The van der Waals surface area contributed by atoms with E-state index in [0.29, 0.717) is 12.1 Å². The van der Waals surface area contributed by atoms with Gasteiger partial charge in [0.05, 0.1) is 0 Å². The molecule has 5 heteroatoms. The van der Waals surface area contributed by atoms with E-state index < -0.39 is 0 Å². The van der Waals surface area contributed by atoms with Gasteiger partial charge in [-0.1, -0.05) is 12.1 Å². The van der Waals surface area contributed by atoms with E-state index in [-0.39, 0.29) is 0 Å². The first-order valence-corrected chi connectivity index (χ1v) is 8.74. The molecule has 0 saturated carbocycles. The summed E-state index contributed by atoms with van der Waals surface area (Å²) in [5.74, 6) is 0.902. The number of aromatic nitrogens is 2. The molecule has 1 saturated heterocycles. The Morgan fingerprint density at radius 1 is 1.17 bits per heavy atom. The van der Waals surface area contributed by atoms with Gasteiger partial charge in [0.2, 0.25) is 0 Å². The third-order valence-electron chi connectivity index (χ3n) is 5.25. The Morgan fingerprint density at radius 3 is 2.67 bits per heavy atom. The summed E-state index contributed by atoms with van der Waals surface area (Å²) in [5.41, 5.74) is 2.58. The van der Waals surface area contributed by atoms with Crippen LogP contribution in [0.15, 0.2) is 35.0 Å². The number of rotatable bonds is 3. The molecule has 0 atom stereocenters. The summed E-state index contributed by atoms with van der Waals surface area (Å²) in [6, 6.07) is 9.16. The van der Waals surface area contributed by atoms with E-state index in [1.807, 2.05) is 18.2 Å². The first-order chi connectivity index (χ1) is 11.6. The fourth-order valence-electron chi connectivity index (χ4n) is 3.73. The van der Waals surface area contributed by atoms with Crippen LogP contribution in [0.2, 0.25) is 0 Å². The summed E-state index contributed by atoms with van der Waals surface area (Å²) >= 11 is 0. The minimum absolute atomic E-state index is 0.492. The van der Waals surface area contributed by atoms with Crippen LogP contribution in [-0.4, -0.2) is 47.1 Å². The number of furan rings is 1. The van der Waals surface area contributed by atoms with Gasteiger partial charge in [-0.2, -0.15) is 0 Å². The lowest BCUT2D eigenvalue weighted by atomic mass is 10.0. The molecule has 24 heavy (non-hydrogen) atoms. The smallest absolute Gasteiger partial charge is 0.196 e. The molecule has 1 aliphatic heterocycles. The quantitative estimate of drug-likeness (QED) is 0.735. The average Bonchev–Trinajstić information content (AvgIpc) is 3.00. The van der Waals surface area contributed by atoms with E-state index in [1.54, 1.807) is 6.33 Å². The van der Waals surface area contributed by atoms with Gasteiger partial charge in [-0.25, -0.2) is 9.97 Å². The SMILES string of the molecule is CC(C)N1CCC(N(C)c2ncnc3c2oc2ccccc23)CC1. The predicted molar refractivity (Wildman–Crippen MR) is 97.4 cm³/mol. The van der Waals surface area contributed by atoms with Gasteiger partial charge in [-0.15, -0.1) is 0 Å². The molecule has 0 N–H and O–H groups in total. The molecule has 126 valence electrons. The molecule has 0 spiro atoms. The number of hydrogen-bond donors (Lipinski definition) is 0. The number of para-hydroxylation sites is 1. The van der Waals surface area contributed by atoms with Crippen molar-refractivity contribution in [2.75, 3.05) is 25.0 Å². The molecule has 1 fully saturated rings. The standard InChI is InChI=1S/C19H24N4O/c1-13(2)23-10-8-14(9-11-23)22(3)19-18-17(20-12-21-19)15-6-4-5-7-16(15)24-18/h4-7,12-14H,8-11H2,1-3H3. The van der Waals surface area contributed by atoms with E-state index in [1.165, 1.54) is 0 Å². The first kappa shape index (κ1) is 15.4. The second kappa shape index (κ2) is 6.06. The number of nitrogens with zero attached hydrogens (tertiary/aromatic N) is 4. The molecule has 2 aromatic heterocycles. The Hall–Kier alpha value is -2.14. The van der Waals surface area contributed by atoms with E-state index in [4.69, 9.17) is 4.42 Å². The summed E-state index contributed by atoms with van der Waals surface area (Å²) in [6.07, 6.45) is 3.96. The second-order valence-electron chi connectivity index (χ2n) is 6.95. The maximum Gasteiger partial charge on any atom is 0.196 e. The van der Waals surface area contributed by atoms with E-state index >= 15 is 0 Å². The van der Waals surface area contributed by atoms with Crippen molar-refractivity contribution >= 4 is 27.9 Å². The zero-order valence-corrected chi connectivity index (χ0v) is 14.6. The number of hydrogen-bond acceptors (Lipinski definition) is 5. The van der Waals surface area contributed by atoms with Crippen LogP contribution in [0.5, 0.6) is 0 Å². The van der Waals surface area contributed by atoms with Crippen LogP contribution in [0.3, 0.4) is 0 Å². The molecule has 1 aromatic carbocycles. The third-order valence-corrected chi connectivity index (χ3v) is 5.25. The molecule has 5 nitrogen and oxygen atoms in total. The molecule has 1 aliphatic rings. The molecule has 3 aromatic rings. The van der Waals surface area contributed by atoms with Crippen LogP contribution in [0.25, 0.3) is 22.1 Å². The summed E-state index contributed by atoms with van der Waals surface area (Å²) in [4.78, 5) is 13.8. The second-order valence-corrected chi connectivity index (χ2v) is 6.95. The molecule has 0 radical (unpaired) electrons. The van der Waals surface area contributed by atoms with Crippen LogP contribution in [0, 0.1) is 0 Å². The Morgan fingerprint density at radius 2 is 1.92 bits per heavy atom. The van der Waals surface area contributed by atoms with Gasteiger partial charge in [0.1, 0.15) is 17.4 Å². The van der Waals surface area contributed by atoms with Crippen molar-refractivity contribution in [1.82, 2.24) is 14.9 Å². The number of benzene rings is 1. The van der Waals surface area contributed by atoms with E-state index in [9.17, 15) is 0 Å². The summed E-state index contributed by atoms with van der Waals surface area (Å²) < 4.78 is 6.08. The van der Waals surface area contributed by atoms with Crippen molar-refractivity contribution in [3.8, 4) is 0 Å². The highest BCUT2D eigenvalue weighted by Crippen LogP contribution is 2.33. The lowest BCUT2D eigenvalue weighted by Crippen LogP contribution is -2.46.